The second-order valence-corrected chi connectivity index (χ2v) is 6.88. The van der Waals surface area contributed by atoms with Gasteiger partial charge in [0, 0.05) is 33.2 Å². The van der Waals surface area contributed by atoms with Crippen molar-refractivity contribution >= 4 is 34.1 Å². The van der Waals surface area contributed by atoms with Gasteiger partial charge in [-0.3, -0.25) is 9.59 Å². The van der Waals surface area contributed by atoms with Crippen LogP contribution in [0.1, 0.15) is 10.4 Å². The highest BCUT2D eigenvalue weighted by Crippen LogP contribution is 2.31. The van der Waals surface area contributed by atoms with Gasteiger partial charge in [-0.25, -0.2) is 0 Å². The van der Waals surface area contributed by atoms with Crippen molar-refractivity contribution < 1.29 is 9.53 Å². The summed E-state index contributed by atoms with van der Waals surface area (Å²) in [6.07, 6.45) is 0. The van der Waals surface area contributed by atoms with Crippen LogP contribution in [-0.4, -0.2) is 18.0 Å². The Morgan fingerprint density at radius 2 is 1.79 bits per heavy atom. The number of aromatic amines is 1. The predicted octanol–water partition coefficient (Wildman–Crippen LogP) is 5.11. The van der Waals surface area contributed by atoms with E-state index < -0.39 is 11.5 Å². The summed E-state index contributed by atoms with van der Waals surface area (Å²) in [6.45, 7) is 0. The molecule has 6 heteroatoms. The van der Waals surface area contributed by atoms with Crippen LogP contribution in [-0.2, 0) is 0 Å². The lowest BCUT2D eigenvalue weighted by molar-refractivity contribution is 0.102. The summed E-state index contributed by atoms with van der Waals surface area (Å²) in [4.78, 5) is 28.8. The third-order valence-corrected chi connectivity index (χ3v) is 4.83. The monoisotopic (exact) mass is 404 g/mol. The fourth-order valence-corrected chi connectivity index (χ4v) is 3.45. The summed E-state index contributed by atoms with van der Waals surface area (Å²) < 4.78 is 5.20. The number of aromatic nitrogens is 1. The van der Waals surface area contributed by atoms with Gasteiger partial charge >= 0.3 is 0 Å². The number of anilines is 1. The molecule has 1 amide bonds. The largest absolute Gasteiger partial charge is 0.497 e. The zero-order chi connectivity index (χ0) is 20.4. The molecule has 1 heterocycles. The Labute approximate surface area is 171 Å². The van der Waals surface area contributed by atoms with Crippen molar-refractivity contribution in [2.45, 2.75) is 0 Å². The molecule has 0 unspecified atom stereocenters. The van der Waals surface area contributed by atoms with E-state index in [0.29, 0.717) is 32.9 Å². The first-order valence-corrected chi connectivity index (χ1v) is 9.31. The highest BCUT2D eigenvalue weighted by atomic mass is 35.5. The second-order valence-electron chi connectivity index (χ2n) is 6.45. The second kappa shape index (κ2) is 7.81. The quantitative estimate of drug-likeness (QED) is 0.496. The fourth-order valence-electron chi connectivity index (χ4n) is 3.28. The highest BCUT2D eigenvalue weighted by Gasteiger charge is 2.21. The van der Waals surface area contributed by atoms with E-state index >= 15 is 0 Å². The molecular weight excluding hydrogens is 388 g/mol. The Hall–Kier alpha value is -3.57. The number of halogens is 1. The van der Waals surface area contributed by atoms with Crippen molar-refractivity contribution in [2.24, 2.45) is 0 Å². The molecule has 0 aliphatic rings. The van der Waals surface area contributed by atoms with Crippen LogP contribution in [0.4, 0.5) is 5.69 Å². The number of hydrogen-bond acceptors (Lipinski definition) is 3. The standard InChI is InChI=1S/C23H17ClN2O3/c1-29-17-9-5-8-16(13-17)25-22(27)21-20(14-6-3-2-4-7-14)18-12-15(24)10-11-19(18)26-23(21)28/h2-13H,1H3,(H,25,27)(H,26,28). The number of benzene rings is 3. The average molecular weight is 405 g/mol. The number of amides is 1. The molecule has 144 valence electrons. The number of nitrogens with one attached hydrogen (secondary N) is 2. The fraction of sp³-hybridized carbons (Fsp3) is 0.0435. The Morgan fingerprint density at radius 3 is 2.55 bits per heavy atom. The molecular formula is C23H17ClN2O3. The summed E-state index contributed by atoms with van der Waals surface area (Å²) in [5.41, 5.74) is 1.97. The molecule has 0 aliphatic heterocycles. The van der Waals surface area contributed by atoms with Crippen molar-refractivity contribution in [3.63, 3.8) is 0 Å². The maximum atomic E-state index is 13.2. The first-order chi connectivity index (χ1) is 14.1. The molecule has 0 aliphatic carbocycles. The van der Waals surface area contributed by atoms with Crippen LogP contribution in [0.25, 0.3) is 22.0 Å². The van der Waals surface area contributed by atoms with Crippen LogP contribution >= 0.6 is 11.6 Å². The van der Waals surface area contributed by atoms with E-state index in [9.17, 15) is 9.59 Å². The minimum Gasteiger partial charge on any atom is -0.497 e. The number of ether oxygens (including phenoxy) is 1. The number of hydrogen-bond donors (Lipinski definition) is 2. The first kappa shape index (κ1) is 18.8. The molecule has 5 nitrogen and oxygen atoms in total. The molecule has 4 rings (SSSR count). The van der Waals surface area contributed by atoms with Gasteiger partial charge in [-0.2, -0.15) is 0 Å². The molecule has 0 bridgehead atoms. The van der Waals surface area contributed by atoms with E-state index in [-0.39, 0.29) is 5.56 Å². The van der Waals surface area contributed by atoms with Crippen molar-refractivity contribution in [3.8, 4) is 16.9 Å². The summed E-state index contributed by atoms with van der Waals surface area (Å²) in [5.74, 6) is 0.0884. The Morgan fingerprint density at radius 1 is 1.00 bits per heavy atom. The van der Waals surface area contributed by atoms with Crippen molar-refractivity contribution in [1.82, 2.24) is 4.98 Å². The molecule has 4 aromatic rings. The van der Waals surface area contributed by atoms with Crippen molar-refractivity contribution in [3.05, 3.63) is 93.7 Å². The molecule has 0 saturated carbocycles. The van der Waals surface area contributed by atoms with Gasteiger partial charge in [-0.1, -0.05) is 48.0 Å². The molecule has 0 atom stereocenters. The van der Waals surface area contributed by atoms with E-state index in [1.54, 1.807) is 49.6 Å². The van der Waals surface area contributed by atoms with Crippen LogP contribution in [0.2, 0.25) is 5.02 Å². The van der Waals surface area contributed by atoms with Gasteiger partial charge in [0.15, 0.2) is 0 Å². The SMILES string of the molecule is COc1cccc(NC(=O)c2c(-c3ccccc3)c3cc(Cl)ccc3[nH]c2=O)c1. The smallest absolute Gasteiger partial charge is 0.261 e. The maximum absolute atomic E-state index is 13.2. The van der Waals surface area contributed by atoms with Crippen LogP contribution in [0.5, 0.6) is 5.75 Å². The normalized spacial score (nSPS) is 10.7. The average Bonchev–Trinajstić information content (AvgIpc) is 2.73. The number of rotatable bonds is 4. The van der Waals surface area contributed by atoms with Crippen LogP contribution in [0, 0.1) is 0 Å². The number of fused-ring (bicyclic) bond motifs is 1. The molecule has 3 aromatic carbocycles. The zero-order valence-corrected chi connectivity index (χ0v) is 16.3. The third-order valence-electron chi connectivity index (χ3n) is 4.59. The number of H-pyrrole nitrogens is 1. The van der Waals surface area contributed by atoms with E-state index in [2.05, 4.69) is 10.3 Å². The molecule has 2 N–H and O–H groups in total. The lowest BCUT2D eigenvalue weighted by Gasteiger charge is -2.14. The summed E-state index contributed by atoms with van der Waals surface area (Å²) in [7, 11) is 1.55. The molecule has 29 heavy (non-hydrogen) atoms. The van der Waals surface area contributed by atoms with Gasteiger partial charge in [0.1, 0.15) is 11.3 Å². The molecule has 0 radical (unpaired) electrons. The van der Waals surface area contributed by atoms with Gasteiger partial charge in [0.05, 0.1) is 7.11 Å². The van der Waals surface area contributed by atoms with Crippen LogP contribution in [0.3, 0.4) is 0 Å². The van der Waals surface area contributed by atoms with Gasteiger partial charge < -0.3 is 15.0 Å². The third kappa shape index (κ3) is 3.73. The molecule has 1 aromatic heterocycles. The van der Waals surface area contributed by atoms with E-state index in [4.69, 9.17) is 16.3 Å². The Balaban J connectivity index is 1.92. The van der Waals surface area contributed by atoms with Gasteiger partial charge in [0.2, 0.25) is 0 Å². The molecule has 0 spiro atoms. The van der Waals surface area contributed by atoms with Crippen molar-refractivity contribution in [2.75, 3.05) is 12.4 Å². The molecule has 0 fully saturated rings. The predicted molar refractivity (Wildman–Crippen MR) is 116 cm³/mol. The number of carbonyl (C=O) groups is 1. The number of methoxy groups -OCH3 is 1. The topological polar surface area (TPSA) is 71.2 Å². The lowest BCUT2D eigenvalue weighted by atomic mass is 9.95. The summed E-state index contributed by atoms with van der Waals surface area (Å²) >= 11 is 6.21. The first-order valence-electron chi connectivity index (χ1n) is 8.93. The minimum absolute atomic E-state index is 0.0220. The minimum atomic E-state index is -0.514. The molecule has 0 saturated heterocycles. The maximum Gasteiger partial charge on any atom is 0.261 e. The van der Waals surface area contributed by atoms with E-state index in [0.717, 1.165) is 5.56 Å². The highest BCUT2D eigenvalue weighted by molar-refractivity contribution is 6.31. The zero-order valence-electron chi connectivity index (χ0n) is 15.5. The van der Waals surface area contributed by atoms with Gasteiger partial charge in [0.25, 0.3) is 11.5 Å². The van der Waals surface area contributed by atoms with E-state index in [1.165, 1.54) is 0 Å². The Kier molecular flexibility index (Phi) is 5.06. The lowest BCUT2D eigenvalue weighted by Crippen LogP contribution is -2.24. The van der Waals surface area contributed by atoms with E-state index in [1.807, 2.05) is 30.3 Å². The van der Waals surface area contributed by atoms with Crippen LogP contribution in [0.15, 0.2) is 77.6 Å². The summed E-state index contributed by atoms with van der Waals surface area (Å²) in [6, 6.07) is 21.4. The van der Waals surface area contributed by atoms with Crippen LogP contribution < -0.4 is 15.6 Å². The van der Waals surface area contributed by atoms with Gasteiger partial charge in [-0.05, 0) is 35.9 Å². The number of carbonyl (C=O) groups excluding carboxylic acids is 1. The van der Waals surface area contributed by atoms with Gasteiger partial charge in [-0.15, -0.1) is 0 Å². The van der Waals surface area contributed by atoms with Crippen molar-refractivity contribution in [1.29, 1.82) is 0 Å². The Bertz CT molecular complexity index is 1270. The number of pyridine rings is 1. The summed E-state index contributed by atoms with van der Waals surface area (Å²) in [5, 5.41) is 4.00.